The molecular formula is C19H29N3O2. The summed E-state index contributed by atoms with van der Waals surface area (Å²) in [5.74, 6) is 0.166. The van der Waals surface area contributed by atoms with E-state index in [4.69, 9.17) is 0 Å². The summed E-state index contributed by atoms with van der Waals surface area (Å²) in [6, 6.07) is 8.03. The number of piperidine rings is 1. The predicted octanol–water partition coefficient (Wildman–Crippen LogP) is 3.00. The SMILES string of the molecule is CCCNC(=O)C1CCN(C(=O)NC(C)c2ccccc2C)CC1. The molecule has 5 nitrogen and oxygen atoms in total. The maximum atomic E-state index is 12.5. The van der Waals surface area contributed by atoms with Gasteiger partial charge in [0.05, 0.1) is 6.04 Å². The minimum absolute atomic E-state index is 0.0238. The maximum absolute atomic E-state index is 12.5. The summed E-state index contributed by atoms with van der Waals surface area (Å²) in [6.45, 7) is 8.10. The summed E-state index contributed by atoms with van der Waals surface area (Å²) in [5.41, 5.74) is 2.32. The lowest BCUT2D eigenvalue weighted by atomic mass is 9.96. The highest BCUT2D eigenvalue weighted by molar-refractivity contribution is 5.79. The van der Waals surface area contributed by atoms with Gasteiger partial charge in [0.1, 0.15) is 0 Å². The predicted molar refractivity (Wildman–Crippen MR) is 95.7 cm³/mol. The summed E-state index contributed by atoms with van der Waals surface area (Å²) in [6.07, 6.45) is 2.42. The zero-order valence-electron chi connectivity index (χ0n) is 15.0. The van der Waals surface area contributed by atoms with E-state index in [0.717, 1.165) is 31.4 Å². The van der Waals surface area contributed by atoms with Crippen LogP contribution in [0.5, 0.6) is 0 Å². The van der Waals surface area contributed by atoms with Crippen molar-refractivity contribution in [1.82, 2.24) is 15.5 Å². The van der Waals surface area contributed by atoms with Crippen LogP contribution in [-0.2, 0) is 4.79 Å². The molecule has 0 aliphatic carbocycles. The van der Waals surface area contributed by atoms with Crippen LogP contribution in [0.4, 0.5) is 4.79 Å². The monoisotopic (exact) mass is 331 g/mol. The Morgan fingerprint density at radius 3 is 2.54 bits per heavy atom. The molecule has 0 saturated carbocycles. The van der Waals surface area contributed by atoms with Crippen LogP contribution in [0.25, 0.3) is 0 Å². The lowest BCUT2D eigenvalue weighted by molar-refractivity contribution is -0.126. The van der Waals surface area contributed by atoms with Crippen LogP contribution in [0, 0.1) is 12.8 Å². The van der Waals surface area contributed by atoms with Crippen molar-refractivity contribution in [2.24, 2.45) is 5.92 Å². The molecule has 0 radical (unpaired) electrons. The van der Waals surface area contributed by atoms with Gasteiger partial charge in [-0.2, -0.15) is 0 Å². The molecule has 1 aromatic rings. The summed E-state index contributed by atoms with van der Waals surface area (Å²) in [7, 11) is 0. The normalized spacial score (nSPS) is 16.5. The Balaban J connectivity index is 1.82. The number of urea groups is 1. The first-order valence-corrected chi connectivity index (χ1v) is 8.91. The van der Waals surface area contributed by atoms with Crippen molar-refractivity contribution in [1.29, 1.82) is 0 Å². The number of rotatable bonds is 5. The van der Waals surface area contributed by atoms with Crippen LogP contribution in [-0.4, -0.2) is 36.5 Å². The second-order valence-electron chi connectivity index (χ2n) is 6.58. The Hall–Kier alpha value is -2.04. The largest absolute Gasteiger partial charge is 0.356 e. The molecule has 0 spiro atoms. The van der Waals surface area contributed by atoms with Gasteiger partial charge in [0.2, 0.25) is 5.91 Å². The fourth-order valence-electron chi connectivity index (χ4n) is 3.16. The Bertz CT molecular complexity index is 565. The number of carbonyl (C=O) groups excluding carboxylic acids is 2. The number of carbonyl (C=O) groups is 2. The van der Waals surface area contributed by atoms with E-state index < -0.39 is 0 Å². The molecule has 3 amide bonds. The molecule has 1 atom stereocenters. The van der Waals surface area contributed by atoms with Gasteiger partial charge in [0, 0.05) is 25.6 Å². The smallest absolute Gasteiger partial charge is 0.317 e. The fourth-order valence-corrected chi connectivity index (χ4v) is 3.16. The number of amides is 3. The number of aryl methyl sites for hydroxylation is 1. The first-order valence-electron chi connectivity index (χ1n) is 8.91. The lowest BCUT2D eigenvalue weighted by Gasteiger charge is -2.32. The van der Waals surface area contributed by atoms with E-state index >= 15 is 0 Å². The van der Waals surface area contributed by atoms with Crippen molar-refractivity contribution in [3.8, 4) is 0 Å². The molecule has 0 bridgehead atoms. The summed E-state index contributed by atoms with van der Waals surface area (Å²) in [5, 5.41) is 6.02. The molecule has 5 heteroatoms. The van der Waals surface area contributed by atoms with Gasteiger partial charge >= 0.3 is 6.03 Å². The van der Waals surface area contributed by atoms with Gasteiger partial charge in [-0.1, -0.05) is 31.2 Å². The second kappa shape index (κ2) is 8.71. The van der Waals surface area contributed by atoms with Crippen LogP contribution in [0.2, 0.25) is 0 Å². The van der Waals surface area contributed by atoms with Crippen LogP contribution >= 0.6 is 0 Å². The average molecular weight is 331 g/mol. The number of benzene rings is 1. The van der Waals surface area contributed by atoms with E-state index in [1.807, 2.05) is 36.9 Å². The van der Waals surface area contributed by atoms with E-state index in [9.17, 15) is 9.59 Å². The zero-order valence-corrected chi connectivity index (χ0v) is 15.0. The van der Waals surface area contributed by atoms with Crippen LogP contribution in [0.15, 0.2) is 24.3 Å². The molecule has 2 N–H and O–H groups in total. The average Bonchev–Trinajstić information content (AvgIpc) is 2.60. The second-order valence-corrected chi connectivity index (χ2v) is 6.58. The topological polar surface area (TPSA) is 61.4 Å². The summed E-state index contributed by atoms with van der Waals surface area (Å²) < 4.78 is 0. The Morgan fingerprint density at radius 2 is 1.92 bits per heavy atom. The molecule has 1 heterocycles. The molecule has 24 heavy (non-hydrogen) atoms. The van der Waals surface area contributed by atoms with Gasteiger partial charge in [-0.05, 0) is 44.2 Å². The van der Waals surface area contributed by atoms with Gasteiger partial charge in [-0.25, -0.2) is 4.79 Å². The van der Waals surface area contributed by atoms with Crippen molar-refractivity contribution < 1.29 is 9.59 Å². The van der Waals surface area contributed by atoms with Gasteiger partial charge in [0.25, 0.3) is 0 Å². The number of nitrogens with one attached hydrogen (secondary N) is 2. The van der Waals surface area contributed by atoms with Gasteiger partial charge < -0.3 is 15.5 Å². The standard InChI is InChI=1S/C19H29N3O2/c1-4-11-20-18(23)16-9-12-22(13-10-16)19(24)21-15(3)17-8-6-5-7-14(17)2/h5-8,15-16H,4,9-13H2,1-3H3,(H,20,23)(H,21,24). The molecular weight excluding hydrogens is 302 g/mol. The van der Waals surface area contributed by atoms with Crippen LogP contribution in [0.3, 0.4) is 0 Å². The number of likely N-dealkylation sites (tertiary alicyclic amines) is 1. The van der Waals surface area contributed by atoms with E-state index in [-0.39, 0.29) is 23.9 Å². The van der Waals surface area contributed by atoms with Gasteiger partial charge in [-0.15, -0.1) is 0 Å². The minimum atomic E-state index is -0.0434. The van der Waals surface area contributed by atoms with Crippen LogP contribution < -0.4 is 10.6 Å². The van der Waals surface area contributed by atoms with Crippen molar-refractivity contribution in [3.05, 3.63) is 35.4 Å². The molecule has 1 saturated heterocycles. The van der Waals surface area contributed by atoms with Crippen molar-refractivity contribution in [2.75, 3.05) is 19.6 Å². The highest BCUT2D eigenvalue weighted by Crippen LogP contribution is 2.20. The highest BCUT2D eigenvalue weighted by Gasteiger charge is 2.27. The third kappa shape index (κ3) is 4.73. The molecule has 0 aromatic heterocycles. The quantitative estimate of drug-likeness (QED) is 0.871. The molecule has 1 fully saturated rings. The Labute approximate surface area is 144 Å². The molecule has 132 valence electrons. The van der Waals surface area contributed by atoms with Gasteiger partial charge in [0.15, 0.2) is 0 Å². The molecule has 2 rings (SSSR count). The van der Waals surface area contributed by atoms with Gasteiger partial charge in [-0.3, -0.25) is 4.79 Å². The first kappa shape index (κ1) is 18.3. The molecule has 1 aliphatic heterocycles. The molecule has 1 unspecified atom stereocenters. The van der Waals surface area contributed by atoms with Crippen molar-refractivity contribution in [3.63, 3.8) is 0 Å². The van der Waals surface area contributed by atoms with Crippen LogP contribution in [0.1, 0.15) is 50.3 Å². The maximum Gasteiger partial charge on any atom is 0.317 e. The van der Waals surface area contributed by atoms with Crippen molar-refractivity contribution in [2.45, 2.75) is 46.1 Å². The minimum Gasteiger partial charge on any atom is -0.356 e. The fraction of sp³-hybridized carbons (Fsp3) is 0.579. The molecule has 1 aliphatic rings. The van der Waals surface area contributed by atoms with E-state index in [1.165, 1.54) is 5.56 Å². The van der Waals surface area contributed by atoms with E-state index in [2.05, 4.69) is 23.6 Å². The zero-order chi connectivity index (χ0) is 17.5. The van der Waals surface area contributed by atoms with E-state index in [0.29, 0.717) is 13.1 Å². The lowest BCUT2D eigenvalue weighted by Crippen LogP contribution is -2.47. The summed E-state index contributed by atoms with van der Waals surface area (Å²) in [4.78, 5) is 26.3. The molecule has 1 aromatic carbocycles. The van der Waals surface area contributed by atoms with Crippen molar-refractivity contribution >= 4 is 11.9 Å². The number of hydrogen-bond donors (Lipinski definition) is 2. The third-order valence-corrected chi connectivity index (χ3v) is 4.70. The summed E-state index contributed by atoms with van der Waals surface area (Å²) >= 11 is 0. The Kier molecular flexibility index (Phi) is 6.64. The number of nitrogens with zero attached hydrogens (tertiary/aromatic N) is 1. The van der Waals surface area contributed by atoms with E-state index in [1.54, 1.807) is 0 Å². The first-order chi connectivity index (χ1) is 11.5. The third-order valence-electron chi connectivity index (χ3n) is 4.70. The number of hydrogen-bond acceptors (Lipinski definition) is 2. The Morgan fingerprint density at radius 1 is 1.25 bits per heavy atom. The highest BCUT2D eigenvalue weighted by atomic mass is 16.2.